The summed E-state index contributed by atoms with van der Waals surface area (Å²) in [5.41, 5.74) is 1.66. The first-order valence-electron chi connectivity index (χ1n) is 9.17. The molecule has 0 spiro atoms. The van der Waals surface area contributed by atoms with Gasteiger partial charge in [-0.1, -0.05) is 66.7 Å². The number of anilines is 1. The van der Waals surface area contributed by atoms with E-state index in [-0.39, 0.29) is 16.9 Å². The third kappa shape index (κ3) is 3.10. The summed E-state index contributed by atoms with van der Waals surface area (Å²) >= 11 is 0. The van der Waals surface area contributed by atoms with E-state index in [0.29, 0.717) is 11.3 Å². The number of benzene rings is 3. The zero-order valence-corrected chi connectivity index (χ0v) is 15.7. The van der Waals surface area contributed by atoms with Gasteiger partial charge in [0.1, 0.15) is 11.6 Å². The van der Waals surface area contributed by atoms with Crippen molar-refractivity contribution in [3.05, 3.63) is 107 Å². The van der Waals surface area contributed by atoms with Gasteiger partial charge in [0.05, 0.1) is 11.6 Å². The van der Waals surface area contributed by atoms with E-state index >= 15 is 0 Å². The summed E-state index contributed by atoms with van der Waals surface area (Å²) in [5.74, 6) is -2.53. The summed E-state index contributed by atoms with van der Waals surface area (Å²) in [7, 11) is 0. The molecule has 4 rings (SSSR count). The number of carbonyl (C=O) groups excluding carboxylic acids is 2. The van der Waals surface area contributed by atoms with Gasteiger partial charge in [0.25, 0.3) is 11.7 Å². The van der Waals surface area contributed by atoms with Crippen molar-refractivity contribution in [1.82, 2.24) is 0 Å². The number of hydrogen-bond donors (Lipinski definition) is 1. The molecule has 1 aliphatic rings. The largest absolute Gasteiger partial charge is 0.507 e. The van der Waals surface area contributed by atoms with Gasteiger partial charge >= 0.3 is 0 Å². The molecule has 5 heteroatoms. The van der Waals surface area contributed by atoms with Crippen LogP contribution in [0.5, 0.6) is 0 Å². The fourth-order valence-corrected chi connectivity index (χ4v) is 3.66. The van der Waals surface area contributed by atoms with Crippen LogP contribution in [0.15, 0.2) is 84.4 Å². The summed E-state index contributed by atoms with van der Waals surface area (Å²) in [4.78, 5) is 27.3. The van der Waals surface area contributed by atoms with Crippen LogP contribution in [0.1, 0.15) is 22.7 Å². The van der Waals surface area contributed by atoms with Gasteiger partial charge in [0, 0.05) is 16.8 Å². The number of hydrogen-bond acceptors (Lipinski definition) is 3. The molecular weight excluding hydrogens is 369 g/mol. The SMILES string of the molecule is Cc1ccccc1N1C(=O)C(=O)C(=C(O)c2ccccc2)C1c1ccccc1F. The molecule has 1 fully saturated rings. The first-order chi connectivity index (χ1) is 14.0. The zero-order valence-electron chi connectivity index (χ0n) is 15.7. The van der Waals surface area contributed by atoms with Gasteiger partial charge in [-0.05, 0) is 24.6 Å². The van der Waals surface area contributed by atoms with Gasteiger partial charge in [0.2, 0.25) is 0 Å². The van der Waals surface area contributed by atoms with Crippen LogP contribution in [0.4, 0.5) is 10.1 Å². The Balaban J connectivity index is 2.01. The summed E-state index contributed by atoms with van der Waals surface area (Å²) in [5, 5.41) is 10.9. The number of aryl methyl sites for hydroxylation is 1. The Morgan fingerprint density at radius 3 is 2.21 bits per heavy atom. The van der Waals surface area contributed by atoms with E-state index in [1.165, 1.54) is 23.1 Å². The Hall–Kier alpha value is -3.73. The van der Waals surface area contributed by atoms with Crippen molar-refractivity contribution in [2.24, 2.45) is 0 Å². The van der Waals surface area contributed by atoms with Crippen molar-refractivity contribution in [3.63, 3.8) is 0 Å². The quantitative estimate of drug-likeness (QED) is 0.400. The molecule has 1 aliphatic heterocycles. The average Bonchev–Trinajstić information content (AvgIpc) is 2.99. The first-order valence-corrected chi connectivity index (χ1v) is 9.17. The van der Waals surface area contributed by atoms with E-state index in [9.17, 15) is 19.1 Å². The maximum atomic E-state index is 14.8. The highest BCUT2D eigenvalue weighted by Gasteiger charge is 2.48. The Morgan fingerprint density at radius 2 is 1.52 bits per heavy atom. The summed E-state index contributed by atoms with van der Waals surface area (Å²) in [6.07, 6.45) is 0. The maximum absolute atomic E-state index is 14.8. The molecule has 144 valence electrons. The van der Waals surface area contributed by atoms with Gasteiger partial charge < -0.3 is 5.11 Å². The molecule has 29 heavy (non-hydrogen) atoms. The molecule has 0 saturated carbocycles. The molecule has 0 aliphatic carbocycles. The molecule has 1 saturated heterocycles. The lowest BCUT2D eigenvalue weighted by Crippen LogP contribution is -2.30. The molecule has 1 unspecified atom stereocenters. The van der Waals surface area contributed by atoms with Crippen molar-refractivity contribution >= 4 is 23.1 Å². The monoisotopic (exact) mass is 387 g/mol. The van der Waals surface area contributed by atoms with Crippen LogP contribution < -0.4 is 4.90 Å². The van der Waals surface area contributed by atoms with Crippen molar-refractivity contribution in [2.45, 2.75) is 13.0 Å². The second-order valence-corrected chi connectivity index (χ2v) is 6.84. The number of aliphatic hydroxyl groups is 1. The number of aliphatic hydroxyl groups excluding tert-OH is 1. The number of amides is 1. The molecule has 1 N–H and O–H groups in total. The number of nitrogens with zero attached hydrogens (tertiary/aromatic N) is 1. The maximum Gasteiger partial charge on any atom is 0.300 e. The van der Waals surface area contributed by atoms with Crippen molar-refractivity contribution in [3.8, 4) is 0 Å². The van der Waals surface area contributed by atoms with Gasteiger partial charge in [-0.15, -0.1) is 0 Å². The van der Waals surface area contributed by atoms with E-state index < -0.39 is 23.5 Å². The number of ketones is 1. The van der Waals surface area contributed by atoms with Crippen LogP contribution in [0.25, 0.3) is 5.76 Å². The lowest BCUT2D eigenvalue weighted by atomic mass is 9.94. The van der Waals surface area contributed by atoms with E-state index in [2.05, 4.69) is 0 Å². The molecule has 1 atom stereocenters. The van der Waals surface area contributed by atoms with Crippen LogP contribution in [-0.2, 0) is 9.59 Å². The highest BCUT2D eigenvalue weighted by atomic mass is 19.1. The minimum atomic E-state index is -1.07. The molecule has 0 bridgehead atoms. The van der Waals surface area contributed by atoms with Crippen molar-refractivity contribution in [1.29, 1.82) is 0 Å². The molecular formula is C24H18FNO3. The van der Waals surface area contributed by atoms with E-state index in [4.69, 9.17) is 0 Å². The molecule has 4 nitrogen and oxygen atoms in total. The summed E-state index contributed by atoms with van der Waals surface area (Å²) < 4.78 is 14.8. The molecule has 3 aromatic carbocycles. The number of Topliss-reactive ketones (excluding diaryl/α,β-unsaturated/α-hetero) is 1. The number of carbonyl (C=O) groups is 2. The fourth-order valence-electron chi connectivity index (χ4n) is 3.66. The predicted octanol–water partition coefficient (Wildman–Crippen LogP) is 4.76. The van der Waals surface area contributed by atoms with Crippen LogP contribution in [0.3, 0.4) is 0 Å². The van der Waals surface area contributed by atoms with E-state index in [0.717, 1.165) is 5.56 Å². The van der Waals surface area contributed by atoms with Crippen molar-refractivity contribution in [2.75, 3.05) is 4.90 Å². The van der Waals surface area contributed by atoms with Crippen LogP contribution in [0, 0.1) is 12.7 Å². The Kier molecular flexibility index (Phi) is 4.72. The Bertz CT molecular complexity index is 1140. The van der Waals surface area contributed by atoms with Gasteiger partial charge in [-0.2, -0.15) is 0 Å². The van der Waals surface area contributed by atoms with Gasteiger partial charge in [-0.3, -0.25) is 14.5 Å². The third-order valence-corrected chi connectivity index (χ3v) is 5.07. The summed E-state index contributed by atoms with van der Waals surface area (Å²) in [6.45, 7) is 1.81. The lowest BCUT2D eigenvalue weighted by molar-refractivity contribution is -0.132. The van der Waals surface area contributed by atoms with Gasteiger partial charge in [-0.25, -0.2) is 4.39 Å². The van der Waals surface area contributed by atoms with E-state index in [1.54, 1.807) is 48.5 Å². The lowest BCUT2D eigenvalue weighted by Gasteiger charge is -2.27. The average molecular weight is 387 g/mol. The predicted molar refractivity (Wildman–Crippen MR) is 109 cm³/mol. The van der Waals surface area contributed by atoms with E-state index in [1.807, 2.05) is 19.1 Å². The highest BCUT2D eigenvalue weighted by Crippen LogP contribution is 2.43. The number of para-hydroxylation sites is 1. The Labute approximate surface area is 167 Å². The number of halogens is 1. The Morgan fingerprint density at radius 1 is 0.897 bits per heavy atom. The van der Waals surface area contributed by atoms with Crippen LogP contribution >= 0.6 is 0 Å². The molecule has 0 radical (unpaired) electrons. The second kappa shape index (κ2) is 7.36. The summed E-state index contributed by atoms with van der Waals surface area (Å²) in [6, 6.07) is 20.4. The smallest absolute Gasteiger partial charge is 0.300 e. The normalized spacial score (nSPS) is 18.3. The fraction of sp³-hybridized carbons (Fsp3) is 0.0833. The minimum absolute atomic E-state index is 0.130. The molecule has 3 aromatic rings. The standard InChI is InChI=1S/C24H18FNO3/c1-15-9-5-8-14-19(15)26-21(17-12-6-7-13-18(17)25)20(23(28)24(26)29)22(27)16-10-3-2-4-11-16/h2-14,21,27H,1H3. The molecule has 0 aromatic heterocycles. The van der Waals surface area contributed by atoms with Crippen molar-refractivity contribution < 1.29 is 19.1 Å². The molecule has 1 amide bonds. The van der Waals surface area contributed by atoms with Crippen LogP contribution in [0.2, 0.25) is 0 Å². The van der Waals surface area contributed by atoms with Gasteiger partial charge in [0.15, 0.2) is 0 Å². The highest BCUT2D eigenvalue weighted by molar-refractivity contribution is 6.51. The van der Waals surface area contributed by atoms with Crippen LogP contribution in [-0.4, -0.2) is 16.8 Å². The first kappa shape index (κ1) is 18.6. The number of rotatable bonds is 3. The second-order valence-electron chi connectivity index (χ2n) is 6.84. The minimum Gasteiger partial charge on any atom is -0.507 e. The third-order valence-electron chi connectivity index (χ3n) is 5.07. The topological polar surface area (TPSA) is 57.6 Å². The zero-order chi connectivity index (χ0) is 20.5. The molecule has 1 heterocycles.